The minimum absolute atomic E-state index is 0.0341. The van der Waals surface area contributed by atoms with Crippen LogP contribution >= 0.6 is 6.49 Å². The van der Waals surface area contributed by atoms with Gasteiger partial charge >= 0.3 is 5.66 Å². The van der Waals surface area contributed by atoms with Gasteiger partial charge in [-0.05, 0) is 53.2 Å². The van der Waals surface area contributed by atoms with Crippen molar-refractivity contribution in [3.63, 3.8) is 0 Å². The van der Waals surface area contributed by atoms with Gasteiger partial charge in [0, 0.05) is 12.0 Å². The Morgan fingerprint density at radius 2 is 1.49 bits per heavy atom. The zero-order chi connectivity index (χ0) is 37.9. The number of hydrogen-bond acceptors (Lipinski definition) is 9. The lowest BCUT2D eigenvalue weighted by molar-refractivity contribution is -0.0651. The molecule has 0 bridgehead atoms. The molecule has 15 heteroatoms. The molecular formula is C38H44F2N5O5PSSi. The Kier molecular flexibility index (Phi) is 11.7. The number of nitrogens with zero attached hydrogens (tertiary/aromatic N) is 4. The van der Waals surface area contributed by atoms with E-state index in [1.165, 1.54) is 12.7 Å². The summed E-state index contributed by atoms with van der Waals surface area (Å²) in [6, 6.07) is 28.6. The van der Waals surface area contributed by atoms with Gasteiger partial charge in [-0.25, -0.2) is 15.0 Å². The van der Waals surface area contributed by atoms with E-state index in [0.717, 1.165) is 10.4 Å². The Hall–Kier alpha value is -3.75. The van der Waals surface area contributed by atoms with Crippen molar-refractivity contribution in [1.82, 2.24) is 19.5 Å². The van der Waals surface area contributed by atoms with Crippen molar-refractivity contribution < 1.29 is 31.8 Å². The number of nitrogens with one attached hydrogen (secondary N) is 1. The molecule has 3 atom stereocenters. The van der Waals surface area contributed by atoms with Gasteiger partial charge in [-0.2, -0.15) is 8.78 Å². The standard InChI is InChI=1S/C38H44F2N5O5PSSi/c1-6-47-51(52,48-7-2)38(39,40)30-23-32(45-26-43-33-34(41-25-42-35(33)45)44-36(46)27-17-11-8-12-18-27)50-31(30)24-49-53(37(3,4)5,28-19-13-9-14-20-28)29-21-15-10-16-22-29/h8-22,25-26,30-32H,6-7,23-24H2,1-5H3,(H,41,42,44,46)/t30-,31+,32-/m0/s1. The minimum atomic E-state index is -4.15. The lowest BCUT2D eigenvalue weighted by atomic mass is 10.0. The van der Waals surface area contributed by atoms with Crippen LogP contribution in [0.4, 0.5) is 14.6 Å². The van der Waals surface area contributed by atoms with E-state index in [-0.39, 0.29) is 43.5 Å². The maximum Gasteiger partial charge on any atom is 0.326 e. The summed E-state index contributed by atoms with van der Waals surface area (Å²) in [6.45, 7) is 5.25. The van der Waals surface area contributed by atoms with Gasteiger partial charge < -0.3 is 23.5 Å². The number of imidazole rings is 1. The van der Waals surface area contributed by atoms with E-state index in [2.05, 4.69) is 41.0 Å². The molecule has 1 N–H and O–H groups in total. The third-order valence-electron chi connectivity index (χ3n) is 9.46. The van der Waals surface area contributed by atoms with Crippen molar-refractivity contribution in [3.8, 4) is 0 Å². The minimum Gasteiger partial charge on any atom is -0.405 e. The number of carbonyl (C=O) groups is 1. The lowest BCUT2D eigenvalue weighted by Crippen LogP contribution is -2.67. The monoisotopic (exact) mass is 779 g/mol. The van der Waals surface area contributed by atoms with Crippen LogP contribution < -0.4 is 15.7 Å². The number of ether oxygens (including phenoxy) is 1. The van der Waals surface area contributed by atoms with Crippen LogP contribution in [-0.2, 0) is 30.0 Å². The summed E-state index contributed by atoms with van der Waals surface area (Å²) in [6.07, 6.45) is 0.514. The summed E-state index contributed by atoms with van der Waals surface area (Å²) in [5, 5.41) is 4.40. The molecule has 1 fully saturated rings. The Morgan fingerprint density at radius 1 is 0.925 bits per heavy atom. The third kappa shape index (κ3) is 7.51. The molecule has 1 aliphatic rings. The number of fused-ring (bicyclic) bond motifs is 1. The smallest absolute Gasteiger partial charge is 0.326 e. The highest BCUT2D eigenvalue weighted by Gasteiger charge is 2.61. The van der Waals surface area contributed by atoms with Gasteiger partial charge in [-0.1, -0.05) is 99.6 Å². The molecule has 3 heterocycles. The molecule has 10 nitrogen and oxygen atoms in total. The Morgan fingerprint density at radius 3 is 2.04 bits per heavy atom. The first-order chi connectivity index (χ1) is 25.4. The summed E-state index contributed by atoms with van der Waals surface area (Å²) in [5.74, 6) is -1.65. The fraction of sp³-hybridized carbons (Fsp3) is 0.368. The molecule has 1 aliphatic heterocycles. The van der Waals surface area contributed by atoms with Gasteiger partial charge in [-0.15, -0.1) is 0 Å². The second-order valence-corrected chi connectivity index (χ2v) is 21.6. The van der Waals surface area contributed by atoms with Crippen molar-refractivity contribution in [2.24, 2.45) is 5.92 Å². The first-order valence-electron chi connectivity index (χ1n) is 17.6. The molecule has 2 aromatic heterocycles. The highest BCUT2D eigenvalue weighted by Crippen LogP contribution is 2.67. The third-order valence-corrected chi connectivity index (χ3v) is 18.1. The number of halogens is 2. The normalized spacial score (nSPS) is 18.4. The fourth-order valence-electron chi connectivity index (χ4n) is 7.07. The topological polar surface area (TPSA) is 110 Å². The van der Waals surface area contributed by atoms with Crippen molar-refractivity contribution >= 4 is 59.9 Å². The maximum atomic E-state index is 17.1. The molecule has 0 saturated carbocycles. The van der Waals surface area contributed by atoms with Gasteiger partial charge in [0.25, 0.3) is 20.7 Å². The van der Waals surface area contributed by atoms with Gasteiger partial charge in [0.05, 0.1) is 38.2 Å². The quantitative estimate of drug-likeness (QED) is 0.0904. The Bertz CT molecular complexity index is 2010. The van der Waals surface area contributed by atoms with Crippen LogP contribution in [0.3, 0.4) is 0 Å². The van der Waals surface area contributed by atoms with Gasteiger partial charge in [0.2, 0.25) is 0 Å². The van der Waals surface area contributed by atoms with E-state index in [9.17, 15) is 4.79 Å². The van der Waals surface area contributed by atoms with Crippen LogP contribution in [0.1, 0.15) is 57.6 Å². The molecule has 0 unspecified atom stereocenters. The highest BCUT2D eigenvalue weighted by atomic mass is 32.5. The van der Waals surface area contributed by atoms with Gasteiger partial charge in [0.1, 0.15) is 12.6 Å². The average Bonchev–Trinajstić information content (AvgIpc) is 3.78. The predicted octanol–water partition coefficient (Wildman–Crippen LogP) is 7.53. The molecule has 53 heavy (non-hydrogen) atoms. The Balaban J connectivity index is 1.40. The number of carbonyl (C=O) groups excluding carboxylic acids is 1. The molecular weight excluding hydrogens is 736 g/mol. The molecule has 280 valence electrons. The molecule has 0 aliphatic carbocycles. The van der Waals surface area contributed by atoms with Crippen molar-refractivity contribution in [1.29, 1.82) is 0 Å². The maximum absolute atomic E-state index is 17.1. The summed E-state index contributed by atoms with van der Waals surface area (Å²) in [4.78, 5) is 26.2. The number of hydrogen-bond donors (Lipinski definition) is 1. The number of benzene rings is 3. The summed E-state index contributed by atoms with van der Waals surface area (Å²) in [5.41, 5.74) is -2.57. The van der Waals surface area contributed by atoms with Crippen LogP contribution in [0.25, 0.3) is 11.2 Å². The van der Waals surface area contributed by atoms with Crippen LogP contribution in [-0.4, -0.2) is 65.3 Å². The number of aromatic nitrogens is 4. The van der Waals surface area contributed by atoms with E-state index < -0.39 is 43.8 Å². The van der Waals surface area contributed by atoms with E-state index in [1.807, 2.05) is 66.7 Å². The van der Waals surface area contributed by atoms with E-state index in [1.54, 1.807) is 42.7 Å². The van der Waals surface area contributed by atoms with Gasteiger partial charge in [-0.3, -0.25) is 9.36 Å². The molecule has 0 radical (unpaired) electrons. The van der Waals surface area contributed by atoms with E-state index >= 15 is 8.78 Å². The van der Waals surface area contributed by atoms with E-state index in [0.29, 0.717) is 11.2 Å². The first-order valence-corrected chi connectivity index (χ1v) is 22.1. The fourth-order valence-corrected chi connectivity index (χ4v) is 14.5. The number of rotatable bonds is 14. The first kappa shape index (κ1) is 39.0. The second-order valence-electron chi connectivity index (χ2n) is 13.7. The van der Waals surface area contributed by atoms with Crippen molar-refractivity contribution in [2.45, 2.75) is 64.1 Å². The van der Waals surface area contributed by atoms with Crippen LogP contribution in [0.2, 0.25) is 5.04 Å². The number of anilines is 1. The van der Waals surface area contributed by atoms with Crippen LogP contribution in [0.5, 0.6) is 0 Å². The van der Waals surface area contributed by atoms with Crippen LogP contribution in [0.15, 0.2) is 104 Å². The van der Waals surface area contributed by atoms with Crippen LogP contribution in [0, 0.1) is 5.92 Å². The molecule has 1 amide bonds. The SMILES string of the molecule is CCOP(=S)(OCC)C(F)(F)[C@H]1C[C@@H](n2cnc3c(NC(=O)c4ccccc4)ncnc32)O[C@@H]1CO[Si](c1ccccc1)(c1ccccc1)C(C)(C)C. The number of amides is 1. The molecule has 6 rings (SSSR count). The second kappa shape index (κ2) is 15.9. The summed E-state index contributed by atoms with van der Waals surface area (Å²) < 4.78 is 60.7. The Labute approximate surface area is 314 Å². The zero-order valence-corrected chi connectivity index (χ0v) is 33.0. The number of alkyl halides is 2. The van der Waals surface area contributed by atoms with Crippen molar-refractivity contribution in [2.75, 3.05) is 25.1 Å². The molecule has 1 saturated heterocycles. The molecule has 3 aromatic carbocycles. The zero-order valence-electron chi connectivity index (χ0n) is 30.3. The van der Waals surface area contributed by atoms with Gasteiger partial charge in [0.15, 0.2) is 17.0 Å². The van der Waals surface area contributed by atoms with E-state index in [4.69, 9.17) is 30.0 Å². The largest absolute Gasteiger partial charge is 0.405 e. The average molecular weight is 780 g/mol. The highest BCUT2D eigenvalue weighted by molar-refractivity contribution is 8.10. The van der Waals surface area contributed by atoms with Crippen molar-refractivity contribution in [3.05, 3.63) is 109 Å². The summed E-state index contributed by atoms with van der Waals surface area (Å²) in [7, 11) is -3.15. The molecule has 5 aromatic rings. The predicted molar refractivity (Wildman–Crippen MR) is 208 cm³/mol. The molecule has 0 spiro atoms. The lowest BCUT2D eigenvalue weighted by Gasteiger charge is -2.44. The summed E-state index contributed by atoms with van der Waals surface area (Å²) >= 11 is 5.56.